The molecule has 0 aliphatic heterocycles. The van der Waals surface area contributed by atoms with Gasteiger partial charge in [0.1, 0.15) is 29.4 Å². The summed E-state index contributed by atoms with van der Waals surface area (Å²) in [6.45, 7) is 4.10. The van der Waals surface area contributed by atoms with Crippen molar-refractivity contribution in [3.05, 3.63) is 95.6 Å². The number of anilines is 3. The van der Waals surface area contributed by atoms with Gasteiger partial charge in [0.2, 0.25) is 5.43 Å². The quantitative estimate of drug-likeness (QED) is 0.287. The summed E-state index contributed by atoms with van der Waals surface area (Å²) in [4.78, 5) is 26.8. The molecule has 0 fully saturated rings. The van der Waals surface area contributed by atoms with Crippen LogP contribution in [0.5, 0.6) is 0 Å². The summed E-state index contributed by atoms with van der Waals surface area (Å²) in [5, 5.41) is 4.61. The first-order valence-electron chi connectivity index (χ1n) is 12.5. The predicted molar refractivity (Wildman–Crippen MR) is 153 cm³/mol. The molecule has 3 N–H and O–H groups in total. The Kier molecular flexibility index (Phi) is 5.83. The zero-order valence-corrected chi connectivity index (χ0v) is 21.7. The Morgan fingerprint density at radius 1 is 0.872 bits per heavy atom. The lowest BCUT2D eigenvalue weighted by molar-refractivity contribution is 0.618. The summed E-state index contributed by atoms with van der Waals surface area (Å²) in [6, 6.07) is 15.7. The van der Waals surface area contributed by atoms with Gasteiger partial charge in [0.25, 0.3) is 0 Å². The normalized spacial score (nSPS) is 11.5. The van der Waals surface area contributed by atoms with E-state index in [0.717, 1.165) is 33.4 Å². The molecule has 39 heavy (non-hydrogen) atoms. The molecule has 0 amide bonds. The van der Waals surface area contributed by atoms with Crippen molar-refractivity contribution in [1.29, 1.82) is 0 Å². The molecule has 0 radical (unpaired) electrons. The Balaban J connectivity index is 1.44. The van der Waals surface area contributed by atoms with Crippen LogP contribution >= 0.6 is 0 Å². The topological polar surface area (TPSA) is 104 Å². The molecule has 0 unspecified atom stereocenters. The van der Waals surface area contributed by atoms with Gasteiger partial charge in [-0.3, -0.25) is 4.79 Å². The van der Waals surface area contributed by atoms with Gasteiger partial charge in [-0.2, -0.15) is 0 Å². The van der Waals surface area contributed by atoms with Crippen LogP contribution in [0, 0.1) is 5.82 Å². The third kappa shape index (κ3) is 4.17. The first-order chi connectivity index (χ1) is 18.8. The van der Waals surface area contributed by atoms with Gasteiger partial charge in [-0.15, -0.1) is 0 Å². The number of rotatable bonds is 5. The summed E-state index contributed by atoms with van der Waals surface area (Å²) in [5.41, 5.74) is 11.3. The third-order valence-corrected chi connectivity index (χ3v) is 6.90. The number of pyridine rings is 2. The van der Waals surface area contributed by atoms with E-state index in [1.165, 1.54) is 18.5 Å². The minimum Gasteiger partial charge on any atom is -0.383 e. The van der Waals surface area contributed by atoms with Gasteiger partial charge >= 0.3 is 0 Å². The van der Waals surface area contributed by atoms with Crippen LogP contribution in [0.15, 0.2) is 84.3 Å². The summed E-state index contributed by atoms with van der Waals surface area (Å²) >= 11 is 0. The smallest absolute Gasteiger partial charge is 0.200 e. The molecular weight excluding hydrogens is 493 g/mol. The van der Waals surface area contributed by atoms with Gasteiger partial charge in [-0.1, -0.05) is 24.3 Å². The fraction of sp³-hybridized carbons (Fsp3) is 0.133. The molecule has 9 heteroatoms. The zero-order valence-electron chi connectivity index (χ0n) is 21.7. The van der Waals surface area contributed by atoms with Crippen molar-refractivity contribution in [1.82, 2.24) is 24.1 Å². The fourth-order valence-electron chi connectivity index (χ4n) is 4.97. The second-order valence-electron chi connectivity index (χ2n) is 9.75. The number of nitrogens with zero attached hydrogens (tertiary/aromatic N) is 5. The van der Waals surface area contributed by atoms with E-state index in [-0.39, 0.29) is 17.3 Å². The van der Waals surface area contributed by atoms with E-state index >= 15 is 0 Å². The van der Waals surface area contributed by atoms with Crippen LogP contribution in [0.25, 0.3) is 44.2 Å². The van der Waals surface area contributed by atoms with E-state index in [1.807, 2.05) is 58.9 Å². The Labute approximate surface area is 223 Å². The molecule has 0 aliphatic rings. The summed E-state index contributed by atoms with van der Waals surface area (Å²) in [6.07, 6.45) is 6.96. The second kappa shape index (κ2) is 9.36. The largest absolute Gasteiger partial charge is 0.383 e. The highest BCUT2D eigenvalue weighted by atomic mass is 19.1. The molecule has 0 bridgehead atoms. The van der Waals surface area contributed by atoms with Gasteiger partial charge in [-0.25, -0.2) is 19.3 Å². The van der Waals surface area contributed by atoms with Crippen LogP contribution in [-0.4, -0.2) is 24.1 Å². The Bertz CT molecular complexity index is 1910. The maximum atomic E-state index is 13.8. The number of aryl methyl sites for hydroxylation is 1. The SMILES string of the molecule is CC(C)n1cc(-c2ccc(F)cc2)c(=O)c2c(Nc3ccc(-c4cn(C)c5ncnc(N)c45)cc3)nccc21. The Morgan fingerprint density at radius 3 is 2.28 bits per heavy atom. The monoisotopic (exact) mass is 519 g/mol. The van der Waals surface area contributed by atoms with Gasteiger partial charge < -0.3 is 20.2 Å². The number of nitrogens with two attached hydrogens (primary N) is 1. The summed E-state index contributed by atoms with van der Waals surface area (Å²) in [7, 11) is 1.92. The zero-order chi connectivity index (χ0) is 27.3. The summed E-state index contributed by atoms with van der Waals surface area (Å²) < 4.78 is 17.6. The van der Waals surface area contributed by atoms with Crippen molar-refractivity contribution in [2.45, 2.75) is 19.9 Å². The molecule has 0 saturated heterocycles. The van der Waals surface area contributed by atoms with Crippen molar-refractivity contribution < 1.29 is 4.39 Å². The van der Waals surface area contributed by atoms with Crippen LogP contribution in [0.1, 0.15) is 19.9 Å². The number of hydrogen-bond donors (Lipinski definition) is 2. The molecule has 8 nitrogen and oxygen atoms in total. The average molecular weight is 520 g/mol. The highest BCUT2D eigenvalue weighted by Crippen LogP contribution is 2.33. The molecule has 0 atom stereocenters. The highest BCUT2D eigenvalue weighted by molar-refractivity contribution is 6.01. The van der Waals surface area contributed by atoms with E-state index in [9.17, 15) is 9.18 Å². The predicted octanol–water partition coefficient (Wildman–Crippen LogP) is 6.06. The maximum absolute atomic E-state index is 13.8. The highest BCUT2D eigenvalue weighted by Gasteiger charge is 2.17. The van der Waals surface area contributed by atoms with Gasteiger partial charge in [0, 0.05) is 48.5 Å². The Hall–Kier alpha value is -5.05. The number of halogens is 1. The minimum absolute atomic E-state index is 0.0824. The molecule has 2 aromatic carbocycles. The second-order valence-corrected chi connectivity index (χ2v) is 9.75. The van der Waals surface area contributed by atoms with Crippen molar-refractivity contribution >= 4 is 39.3 Å². The first-order valence-corrected chi connectivity index (χ1v) is 12.5. The molecule has 6 aromatic rings. The molecule has 0 aliphatic carbocycles. The van der Waals surface area contributed by atoms with Gasteiger partial charge in [0.05, 0.1) is 16.3 Å². The Morgan fingerprint density at radius 2 is 1.56 bits per heavy atom. The number of fused-ring (bicyclic) bond motifs is 2. The van der Waals surface area contributed by atoms with Gasteiger partial charge in [-0.05, 0) is 55.3 Å². The minimum atomic E-state index is -0.352. The average Bonchev–Trinajstić information content (AvgIpc) is 3.27. The van der Waals surface area contributed by atoms with Gasteiger partial charge in [0.15, 0.2) is 0 Å². The molecular formula is C30H26FN7O. The lowest BCUT2D eigenvalue weighted by Crippen LogP contribution is -2.15. The maximum Gasteiger partial charge on any atom is 0.200 e. The van der Waals surface area contributed by atoms with Crippen LogP contribution < -0.4 is 16.5 Å². The standard InChI is InChI=1S/C30H26FN7O/c1-17(2)38-15-23(19-4-8-20(31)9-5-19)27(39)26-24(38)12-13-33-29(26)36-21-10-6-18(7-11-21)22-14-37(3)30-25(22)28(32)34-16-35-30/h4-17H,1-3H3,(H,33,36)(H2,32,34,35). The van der Waals surface area contributed by atoms with Crippen molar-refractivity contribution in [3.8, 4) is 22.3 Å². The van der Waals surface area contributed by atoms with Crippen molar-refractivity contribution in [3.63, 3.8) is 0 Å². The van der Waals surface area contributed by atoms with Crippen LogP contribution in [0.3, 0.4) is 0 Å². The molecule has 4 heterocycles. The van der Waals surface area contributed by atoms with Crippen LogP contribution in [0.4, 0.5) is 21.7 Å². The number of hydrogen-bond acceptors (Lipinski definition) is 6. The van der Waals surface area contributed by atoms with E-state index in [4.69, 9.17) is 5.73 Å². The number of aromatic nitrogens is 5. The van der Waals surface area contributed by atoms with E-state index in [2.05, 4.69) is 34.1 Å². The lowest BCUT2D eigenvalue weighted by atomic mass is 10.0. The van der Waals surface area contributed by atoms with Crippen molar-refractivity contribution in [2.75, 3.05) is 11.1 Å². The van der Waals surface area contributed by atoms with E-state index in [1.54, 1.807) is 18.3 Å². The lowest BCUT2D eigenvalue weighted by Gasteiger charge is -2.18. The molecule has 4 aromatic heterocycles. The molecule has 0 saturated carbocycles. The number of benzene rings is 2. The summed E-state index contributed by atoms with van der Waals surface area (Å²) in [5.74, 6) is 0.525. The number of nitrogen functional groups attached to an aromatic ring is 1. The molecule has 194 valence electrons. The molecule has 0 spiro atoms. The fourth-order valence-corrected chi connectivity index (χ4v) is 4.97. The first kappa shape index (κ1) is 24.3. The van der Waals surface area contributed by atoms with Crippen LogP contribution in [0.2, 0.25) is 0 Å². The van der Waals surface area contributed by atoms with E-state index < -0.39 is 0 Å². The van der Waals surface area contributed by atoms with E-state index in [0.29, 0.717) is 28.1 Å². The van der Waals surface area contributed by atoms with Crippen LogP contribution in [-0.2, 0) is 7.05 Å². The molecule has 6 rings (SSSR count). The van der Waals surface area contributed by atoms with Crippen molar-refractivity contribution in [2.24, 2.45) is 7.05 Å². The number of nitrogens with one attached hydrogen (secondary N) is 1. The third-order valence-electron chi connectivity index (χ3n) is 6.90.